The third-order valence-electron chi connectivity index (χ3n) is 5.40. The maximum absolute atomic E-state index is 12.7. The minimum atomic E-state index is 0.000170. The van der Waals surface area contributed by atoms with Crippen LogP contribution in [-0.4, -0.2) is 50.7 Å². The first-order valence-corrected chi connectivity index (χ1v) is 9.97. The Hall–Kier alpha value is -1.39. The molecule has 1 amide bonds. The van der Waals surface area contributed by atoms with E-state index in [0.29, 0.717) is 12.3 Å². The minimum Gasteiger partial charge on any atom is -0.378 e. The van der Waals surface area contributed by atoms with E-state index in [0.717, 1.165) is 45.4 Å². The van der Waals surface area contributed by atoms with E-state index in [9.17, 15) is 4.79 Å². The molecule has 1 N–H and O–H groups in total. The Labute approximate surface area is 159 Å². The van der Waals surface area contributed by atoms with Crippen molar-refractivity contribution >= 4 is 5.91 Å². The van der Waals surface area contributed by atoms with E-state index in [1.54, 1.807) is 0 Å². The zero-order chi connectivity index (χ0) is 19.0. The smallest absolute Gasteiger partial charge is 0.220 e. The van der Waals surface area contributed by atoms with Crippen LogP contribution in [0.3, 0.4) is 0 Å². The normalized spacial score (nSPS) is 23.4. The number of hydrogen-bond donors (Lipinski definition) is 1. The SMILES string of the molecule is CC(C)[C@@H]1C[C@](CC(=O)NCCCN(C)C)(Cc2ccccc2)CCO1. The molecular weight excluding hydrogens is 324 g/mol. The van der Waals surface area contributed by atoms with Crippen molar-refractivity contribution in [1.82, 2.24) is 10.2 Å². The second-order valence-electron chi connectivity index (χ2n) is 8.45. The number of carbonyl (C=O) groups excluding carboxylic acids is 1. The van der Waals surface area contributed by atoms with Gasteiger partial charge in [0.1, 0.15) is 0 Å². The molecule has 0 radical (unpaired) electrons. The van der Waals surface area contributed by atoms with Crippen LogP contribution in [0.4, 0.5) is 0 Å². The molecule has 146 valence electrons. The van der Waals surface area contributed by atoms with Gasteiger partial charge >= 0.3 is 0 Å². The average Bonchev–Trinajstić information content (AvgIpc) is 2.59. The summed E-state index contributed by atoms with van der Waals surface area (Å²) in [5.41, 5.74) is 1.32. The molecule has 4 nitrogen and oxygen atoms in total. The molecular formula is C22H36N2O2. The summed E-state index contributed by atoms with van der Waals surface area (Å²) < 4.78 is 6.00. The van der Waals surface area contributed by atoms with Gasteiger partial charge in [-0.25, -0.2) is 0 Å². The van der Waals surface area contributed by atoms with Gasteiger partial charge in [0.05, 0.1) is 6.10 Å². The monoisotopic (exact) mass is 360 g/mol. The van der Waals surface area contributed by atoms with E-state index in [1.807, 2.05) is 0 Å². The molecule has 0 aliphatic carbocycles. The van der Waals surface area contributed by atoms with Gasteiger partial charge in [0.15, 0.2) is 0 Å². The summed E-state index contributed by atoms with van der Waals surface area (Å²) in [5.74, 6) is 0.665. The molecule has 26 heavy (non-hydrogen) atoms. The van der Waals surface area contributed by atoms with Gasteiger partial charge in [-0.05, 0) is 63.2 Å². The van der Waals surface area contributed by atoms with E-state index < -0.39 is 0 Å². The number of amides is 1. The summed E-state index contributed by atoms with van der Waals surface area (Å²) >= 11 is 0. The number of hydrogen-bond acceptors (Lipinski definition) is 3. The molecule has 0 aromatic heterocycles. The fourth-order valence-electron chi connectivity index (χ4n) is 3.88. The molecule has 1 aliphatic rings. The van der Waals surface area contributed by atoms with Crippen LogP contribution in [0.1, 0.15) is 45.1 Å². The molecule has 1 aromatic carbocycles. The predicted octanol–water partition coefficient (Wildman–Crippen LogP) is 3.51. The van der Waals surface area contributed by atoms with E-state index in [1.165, 1.54) is 5.56 Å². The summed E-state index contributed by atoms with van der Waals surface area (Å²) in [6.45, 7) is 6.93. The summed E-state index contributed by atoms with van der Waals surface area (Å²) in [4.78, 5) is 14.8. The summed E-state index contributed by atoms with van der Waals surface area (Å²) in [6, 6.07) is 10.6. The van der Waals surface area contributed by atoms with E-state index >= 15 is 0 Å². The third-order valence-corrected chi connectivity index (χ3v) is 5.40. The Balaban J connectivity index is 2.02. The van der Waals surface area contributed by atoms with Gasteiger partial charge in [0.2, 0.25) is 5.91 Å². The Morgan fingerprint density at radius 3 is 2.69 bits per heavy atom. The Kier molecular flexibility index (Phi) is 8.11. The van der Waals surface area contributed by atoms with Crippen molar-refractivity contribution in [2.24, 2.45) is 11.3 Å². The highest BCUT2D eigenvalue weighted by Crippen LogP contribution is 2.41. The third kappa shape index (κ3) is 6.73. The molecule has 1 heterocycles. The molecule has 0 spiro atoms. The van der Waals surface area contributed by atoms with Crippen molar-refractivity contribution in [3.8, 4) is 0 Å². The van der Waals surface area contributed by atoms with Crippen LogP contribution >= 0.6 is 0 Å². The maximum atomic E-state index is 12.7. The van der Waals surface area contributed by atoms with E-state index in [2.05, 4.69) is 68.5 Å². The molecule has 2 atom stereocenters. The summed E-state index contributed by atoms with van der Waals surface area (Å²) in [5, 5.41) is 3.13. The van der Waals surface area contributed by atoms with Gasteiger partial charge in [-0.3, -0.25) is 4.79 Å². The number of ether oxygens (including phenoxy) is 1. The van der Waals surface area contributed by atoms with Crippen LogP contribution in [0.5, 0.6) is 0 Å². The van der Waals surface area contributed by atoms with Crippen molar-refractivity contribution in [3.63, 3.8) is 0 Å². The molecule has 0 bridgehead atoms. The quantitative estimate of drug-likeness (QED) is 0.685. The van der Waals surface area contributed by atoms with Gasteiger partial charge < -0.3 is 15.0 Å². The predicted molar refractivity (Wildman–Crippen MR) is 107 cm³/mol. The molecule has 1 saturated heterocycles. The highest BCUT2D eigenvalue weighted by Gasteiger charge is 2.39. The Morgan fingerprint density at radius 1 is 1.31 bits per heavy atom. The molecule has 2 rings (SSSR count). The van der Waals surface area contributed by atoms with E-state index in [4.69, 9.17) is 4.74 Å². The largest absolute Gasteiger partial charge is 0.378 e. The zero-order valence-electron chi connectivity index (χ0n) is 17.0. The number of nitrogens with zero attached hydrogens (tertiary/aromatic N) is 1. The average molecular weight is 361 g/mol. The van der Waals surface area contributed by atoms with Gasteiger partial charge in [-0.1, -0.05) is 44.2 Å². The molecule has 1 aromatic rings. The van der Waals surface area contributed by atoms with Crippen molar-refractivity contribution in [1.29, 1.82) is 0 Å². The van der Waals surface area contributed by atoms with Gasteiger partial charge in [-0.15, -0.1) is 0 Å². The van der Waals surface area contributed by atoms with Crippen molar-refractivity contribution in [2.75, 3.05) is 33.8 Å². The van der Waals surface area contributed by atoms with Crippen LogP contribution in [0, 0.1) is 11.3 Å². The fourth-order valence-corrected chi connectivity index (χ4v) is 3.88. The Bertz CT molecular complexity index is 544. The van der Waals surface area contributed by atoms with Crippen molar-refractivity contribution < 1.29 is 9.53 Å². The molecule has 0 unspecified atom stereocenters. The lowest BCUT2D eigenvalue weighted by Crippen LogP contribution is -2.42. The lowest BCUT2D eigenvalue weighted by atomic mass is 9.69. The van der Waals surface area contributed by atoms with Crippen LogP contribution in [-0.2, 0) is 16.0 Å². The lowest BCUT2D eigenvalue weighted by molar-refractivity contribution is -0.128. The number of nitrogens with one attached hydrogen (secondary N) is 1. The fraction of sp³-hybridized carbons (Fsp3) is 0.682. The topological polar surface area (TPSA) is 41.6 Å². The van der Waals surface area contributed by atoms with Crippen molar-refractivity contribution in [2.45, 2.75) is 52.1 Å². The number of carbonyl (C=O) groups is 1. The molecule has 4 heteroatoms. The molecule has 1 aliphatic heterocycles. The van der Waals surface area contributed by atoms with E-state index in [-0.39, 0.29) is 17.4 Å². The highest BCUT2D eigenvalue weighted by molar-refractivity contribution is 5.76. The van der Waals surface area contributed by atoms with Gasteiger partial charge in [0.25, 0.3) is 0 Å². The first-order valence-electron chi connectivity index (χ1n) is 9.97. The highest BCUT2D eigenvalue weighted by atomic mass is 16.5. The second-order valence-corrected chi connectivity index (χ2v) is 8.45. The van der Waals surface area contributed by atoms with Crippen LogP contribution in [0.15, 0.2) is 30.3 Å². The standard InChI is InChI=1S/C22H36N2O2/c1-18(2)20-16-22(11-14-26-20,15-19-9-6-5-7-10-19)17-21(25)23-12-8-13-24(3)4/h5-7,9-10,18,20H,8,11-17H2,1-4H3,(H,23,25)/t20-,22+/m0/s1. The van der Waals surface area contributed by atoms with Gasteiger partial charge in [0, 0.05) is 19.6 Å². The second kappa shape index (κ2) is 10.1. The minimum absolute atomic E-state index is 0.000170. The zero-order valence-corrected chi connectivity index (χ0v) is 17.0. The summed E-state index contributed by atoms with van der Waals surface area (Å²) in [6.07, 6.45) is 4.69. The van der Waals surface area contributed by atoms with Gasteiger partial charge in [-0.2, -0.15) is 0 Å². The first-order chi connectivity index (χ1) is 12.4. The lowest BCUT2D eigenvalue weighted by Gasteiger charge is -2.42. The number of benzene rings is 1. The van der Waals surface area contributed by atoms with Crippen LogP contribution < -0.4 is 5.32 Å². The molecule has 1 fully saturated rings. The number of rotatable bonds is 9. The van der Waals surface area contributed by atoms with Crippen molar-refractivity contribution in [3.05, 3.63) is 35.9 Å². The maximum Gasteiger partial charge on any atom is 0.220 e. The van der Waals surface area contributed by atoms with Crippen LogP contribution in [0.2, 0.25) is 0 Å². The first kappa shape index (κ1) is 20.9. The van der Waals surface area contributed by atoms with Crippen LogP contribution in [0.25, 0.3) is 0 Å². The summed E-state index contributed by atoms with van der Waals surface area (Å²) in [7, 11) is 4.12. The molecule has 0 saturated carbocycles. The Morgan fingerprint density at radius 2 is 2.04 bits per heavy atom.